The Labute approximate surface area is 203 Å². The van der Waals surface area contributed by atoms with Crippen LogP contribution in [-0.2, 0) is 0 Å². The molecule has 7 nitrogen and oxygen atoms in total. The predicted molar refractivity (Wildman–Crippen MR) is 132 cm³/mol. The molecule has 2 fully saturated rings. The normalized spacial score (nSPS) is 20.0. The van der Waals surface area contributed by atoms with Crippen LogP contribution in [0.5, 0.6) is 23.1 Å². The van der Waals surface area contributed by atoms with Gasteiger partial charge in [-0.25, -0.2) is 14.4 Å². The average molecular weight is 477 g/mol. The van der Waals surface area contributed by atoms with E-state index in [0.29, 0.717) is 46.4 Å². The Bertz CT molecular complexity index is 1380. The van der Waals surface area contributed by atoms with Gasteiger partial charge in [0.1, 0.15) is 6.33 Å². The molecule has 2 aromatic carbocycles. The first-order valence-electron chi connectivity index (χ1n) is 12.2. The van der Waals surface area contributed by atoms with Gasteiger partial charge >= 0.3 is 0 Å². The van der Waals surface area contributed by atoms with Crippen LogP contribution >= 0.6 is 0 Å². The summed E-state index contributed by atoms with van der Waals surface area (Å²) in [5.74, 6) is 1.66. The van der Waals surface area contributed by atoms with E-state index in [1.807, 2.05) is 13.0 Å². The largest absolute Gasteiger partial charge is 0.493 e. The number of H-pyrrole nitrogens is 1. The Morgan fingerprint density at radius 3 is 2.66 bits per heavy atom. The maximum Gasteiger partial charge on any atom is 0.230 e. The number of hydrogen-bond donors (Lipinski definition) is 2. The number of aryl methyl sites for hydroxylation is 1. The van der Waals surface area contributed by atoms with Crippen LogP contribution in [0.3, 0.4) is 0 Å². The summed E-state index contributed by atoms with van der Waals surface area (Å²) in [4.78, 5) is 11.8. The molecule has 0 saturated heterocycles. The van der Waals surface area contributed by atoms with Crippen LogP contribution in [0.4, 0.5) is 4.39 Å². The Morgan fingerprint density at radius 2 is 1.89 bits per heavy atom. The lowest BCUT2D eigenvalue weighted by atomic mass is 9.79. The summed E-state index contributed by atoms with van der Waals surface area (Å²) in [6.07, 6.45) is 7.67. The van der Waals surface area contributed by atoms with E-state index in [4.69, 9.17) is 14.2 Å². The number of aromatic amines is 1. The molecule has 2 heterocycles. The average Bonchev–Trinajstić information content (AvgIpc) is 3.19. The van der Waals surface area contributed by atoms with E-state index in [2.05, 4.69) is 20.3 Å². The Morgan fingerprint density at radius 1 is 1.03 bits per heavy atom. The predicted octanol–water partition coefficient (Wildman–Crippen LogP) is 5.66. The van der Waals surface area contributed by atoms with Crippen LogP contribution in [0.2, 0.25) is 0 Å². The SMILES string of the molecule is COc1cc2c(Oc3ccc4[nH]c(C)cc4c3F)ncnc2cc1OC[C@H]1C[C@H](NC2CCC2)C1. The van der Waals surface area contributed by atoms with Crippen LogP contribution < -0.4 is 19.5 Å². The van der Waals surface area contributed by atoms with Gasteiger partial charge in [-0.05, 0) is 62.8 Å². The van der Waals surface area contributed by atoms with Crippen molar-refractivity contribution in [3.63, 3.8) is 0 Å². The number of halogens is 1. The fourth-order valence-corrected chi connectivity index (χ4v) is 4.99. The lowest BCUT2D eigenvalue weighted by Gasteiger charge is -2.40. The standard InChI is InChI=1S/C27H29FN4O3/c1-15-8-19-21(31-15)6-7-23(26(19)28)35-27-20-11-24(33-2)25(12-22(20)29-14-30-27)34-13-16-9-18(10-16)32-17-4-3-5-17/h6-8,11-12,14,16-18,31-32H,3-5,9-10,13H2,1-2H3/t16-,18-. The number of ether oxygens (including phenoxy) is 3. The lowest BCUT2D eigenvalue weighted by Crippen LogP contribution is -2.49. The van der Waals surface area contributed by atoms with E-state index in [1.165, 1.54) is 25.6 Å². The molecule has 0 radical (unpaired) electrons. The fraction of sp³-hybridized carbons (Fsp3) is 0.407. The first-order chi connectivity index (χ1) is 17.1. The molecule has 2 aliphatic carbocycles. The molecule has 2 aliphatic rings. The number of hydrogen-bond acceptors (Lipinski definition) is 6. The molecule has 2 aromatic heterocycles. The molecule has 0 spiro atoms. The van der Waals surface area contributed by atoms with Crippen LogP contribution in [0.1, 0.15) is 37.8 Å². The van der Waals surface area contributed by atoms with Crippen molar-refractivity contribution in [2.45, 2.75) is 51.1 Å². The van der Waals surface area contributed by atoms with Gasteiger partial charge in [0.25, 0.3) is 0 Å². The van der Waals surface area contributed by atoms with Gasteiger partial charge in [-0.1, -0.05) is 6.42 Å². The second-order valence-electron chi connectivity index (χ2n) is 9.73. The van der Waals surface area contributed by atoms with Crippen molar-refractivity contribution in [1.82, 2.24) is 20.3 Å². The van der Waals surface area contributed by atoms with Crippen molar-refractivity contribution in [2.24, 2.45) is 5.92 Å². The Balaban J connectivity index is 1.19. The summed E-state index contributed by atoms with van der Waals surface area (Å²) in [5, 5.41) is 4.83. The van der Waals surface area contributed by atoms with Crippen molar-refractivity contribution >= 4 is 21.8 Å². The topological polar surface area (TPSA) is 81.3 Å². The summed E-state index contributed by atoms with van der Waals surface area (Å²) < 4.78 is 32.7. The third-order valence-corrected chi connectivity index (χ3v) is 7.21. The van der Waals surface area contributed by atoms with Crippen molar-refractivity contribution in [1.29, 1.82) is 0 Å². The number of nitrogens with zero attached hydrogens (tertiary/aromatic N) is 2. The first kappa shape index (κ1) is 22.1. The molecule has 0 bridgehead atoms. The third kappa shape index (κ3) is 4.27. The van der Waals surface area contributed by atoms with Gasteiger partial charge in [-0.2, -0.15) is 0 Å². The monoisotopic (exact) mass is 476 g/mol. The molecule has 4 aromatic rings. The lowest BCUT2D eigenvalue weighted by molar-refractivity contribution is 0.121. The van der Waals surface area contributed by atoms with Crippen LogP contribution in [0, 0.1) is 18.7 Å². The van der Waals surface area contributed by atoms with Gasteiger partial charge in [-0.15, -0.1) is 0 Å². The zero-order chi connectivity index (χ0) is 23.9. The fourth-order valence-electron chi connectivity index (χ4n) is 4.99. The van der Waals surface area contributed by atoms with E-state index in [9.17, 15) is 0 Å². The maximum atomic E-state index is 15.1. The summed E-state index contributed by atoms with van der Waals surface area (Å²) in [6, 6.07) is 10.1. The molecular weight excluding hydrogens is 447 g/mol. The molecule has 2 saturated carbocycles. The van der Waals surface area contributed by atoms with Gasteiger partial charge in [0.15, 0.2) is 23.1 Å². The van der Waals surface area contributed by atoms with E-state index in [1.54, 1.807) is 31.4 Å². The number of aromatic nitrogens is 3. The minimum absolute atomic E-state index is 0.103. The van der Waals surface area contributed by atoms with Gasteiger partial charge in [0, 0.05) is 34.7 Å². The summed E-state index contributed by atoms with van der Waals surface area (Å²) in [7, 11) is 1.60. The summed E-state index contributed by atoms with van der Waals surface area (Å²) in [6.45, 7) is 2.53. The Kier molecular flexibility index (Phi) is 5.68. The molecule has 6 rings (SSSR count). The highest BCUT2D eigenvalue weighted by atomic mass is 19.1. The minimum Gasteiger partial charge on any atom is -0.493 e. The van der Waals surface area contributed by atoms with E-state index < -0.39 is 5.82 Å². The molecule has 182 valence electrons. The highest BCUT2D eigenvalue weighted by Crippen LogP contribution is 2.38. The van der Waals surface area contributed by atoms with Gasteiger partial charge in [0.2, 0.25) is 5.88 Å². The summed E-state index contributed by atoms with van der Waals surface area (Å²) in [5.41, 5.74) is 2.25. The molecule has 0 atom stereocenters. The third-order valence-electron chi connectivity index (χ3n) is 7.21. The number of benzene rings is 2. The molecule has 35 heavy (non-hydrogen) atoms. The van der Waals surface area contributed by atoms with Gasteiger partial charge < -0.3 is 24.5 Å². The Hall–Kier alpha value is -3.39. The van der Waals surface area contributed by atoms with E-state index in [-0.39, 0.29) is 11.6 Å². The number of rotatable bonds is 8. The van der Waals surface area contributed by atoms with Crippen LogP contribution in [0.15, 0.2) is 36.7 Å². The minimum atomic E-state index is -0.434. The molecule has 0 amide bonds. The molecule has 8 heteroatoms. The van der Waals surface area contributed by atoms with Gasteiger partial charge in [-0.3, -0.25) is 0 Å². The number of fused-ring (bicyclic) bond motifs is 2. The second kappa shape index (κ2) is 9.00. The summed E-state index contributed by atoms with van der Waals surface area (Å²) >= 11 is 0. The highest BCUT2D eigenvalue weighted by Gasteiger charge is 2.32. The zero-order valence-corrected chi connectivity index (χ0v) is 19.9. The molecule has 0 aliphatic heterocycles. The van der Waals surface area contributed by atoms with Crippen LogP contribution in [0.25, 0.3) is 21.8 Å². The van der Waals surface area contributed by atoms with Crippen molar-refractivity contribution < 1.29 is 18.6 Å². The molecule has 0 unspecified atom stereocenters. The van der Waals surface area contributed by atoms with Crippen LogP contribution in [-0.4, -0.2) is 40.8 Å². The van der Waals surface area contributed by atoms with E-state index in [0.717, 1.165) is 30.1 Å². The second-order valence-corrected chi connectivity index (χ2v) is 9.73. The van der Waals surface area contributed by atoms with Crippen molar-refractivity contribution in [3.8, 4) is 23.1 Å². The van der Waals surface area contributed by atoms with Crippen molar-refractivity contribution in [3.05, 3.63) is 48.2 Å². The highest BCUT2D eigenvalue weighted by molar-refractivity contribution is 5.87. The number of methoxy groups -OCH3 is 1. The zero-order valence-electron chi connectivity index (χ0n) is 19.9. The first-order valence-corrected chi connectivity index (χ1v) is 12.2. The smallest absolute Gasteiger partial charge is 0.230 e. The quantitative estimate of drug-likeness (QED) is 0.342. The van der Waals surface area contributed by atoms with Gasteiger partial charge in [0.05, 0.1) is 24.6 Å². The van der Waals surface area contributed by atoms with Crippen molar-refractivity contribution in [2.75, 3.05) is 13.7 Å². The maximum absolute atomic E-state index is 15.1. The molecular formula is C27H29FN4O3. The molecule has 2 N–H and O–H groups in total. The number of nitrogens with one attached hydrogen (secondary N) is 2. The van der Waals surface area contributed by atoms with E-state index >= 15 is 4.39 Å².